The molecule has 0 amide bonds. The maximum absolute atomic E-state index is 9.44. The number of halogens is 1. The largest absolute Gasteiger partial charge is 0.506 e. The van der Waals surface area contributed by atoms with Crippen LogP contribution in [0.4, 0.5) is 11.6 Å². The van der Waals surface area contributed by atoms with E-state index in [0.29, 0.717) is 11.6 Å². The molecule has 112 valence electrons. The Bertz CT molecular complexity index is 834. The number of hydrogen-bond donors (Lipinski definition) is 2. The first-order valence-electron chi connectivity index (χ1n) is 6.56. The van der Waals surface area contributed by atoms with Gasteiger partial charge in [0.2, 0.25) is 5.95 Å². The number of anilines is 2. The number of rotatable bonds is 3. The summed E-state index contributed by atoms with van der Waals surface area (Å²) >= 11 is 7.50. The Kier molecular flexibility index (Phi) is 3.96. The van der Waals surface area contributed by atoms with Crippen LogP contribution in [-0.4, -0.2) is 20.1 Å². The van der Waals surface area contributed by atoms with Crippen molar-refractivity contribution >= 4 is 34.6 Å². The van der Waals surface area contributed by atoms with Gasteiger partial charge < -0.3 is 10.4 Å². The van der Waals surface area contributed by atoms with E-state index < -0.39 is 0 Å². The van der Waals surface area contributed by atoms with Crippen molar-refractivity contribution in [3.63, 3.8) is 0 Å². The van der Waals surface area contributed by atoms with Gasteiger partial charge in [-0.15, -0.1) is 11.3 Å². The molecule has 1 aromatic carbocycles. The number of aromatic nitrogens is 3. The first-order chi connectivity index (χ1) is 10.5. The molecule has 0 unspecified atom stereocenters. The number of phenols is 1. The molecule has 0 fully saturated rings. The Balaban J connectivity index is 1.91. The molecule has 3 aromatic rings. The van der Waals surface area contributed by atoms with Crippen molar-refractivity contribution in [1.29, 1.82) is 0 Å². The monoisotopic (exact) mass is 332 g/mol. The third-order valence-electron chi connectivity index (χ3n) is 3.00. The van der Waals surface area contributed by atoms with E-state index in [9.17, 15) is 5.11 Å². The van der Waals surface area contributed by atoms with Gasteiger partial charge in [-0.05, 0) is 38.1 Å². The van der Waals surface area contributed by atoms with E-state index >= 15 is 0 Å². The highest BCUT2D eigenvalue weighted by molar-refractivity contribution is 7.15. The van der Waals surface area contributed by atoms with Gasteiger partial charge in [0.25, 0.3) is 0 Å². The van der Waals surface area contributed by atoms with Crippen LogP contribution < -0.4 is 5.32 Å². The molecule has 0 atom stereocenters. The fraction of sp³-hybridized carbons (Fsp3) is 0.133. The molecule has 0 aliphatic heterocycles. The first kappa shape index (κ1) is 14.7. The van der Waals surface area contributed by atoms with Crippen LogP contribution in [0, 0.1) is 13.8 Å². The summed E-state index contributed by atoms with van der Waals surface area (Å²) in [4.78, 5) is 14.2. The maximum atomic E-state index is 9.44. The van der Waals surface area contributed by atoms with Gasteiger partial charge in [-0.2, -0.15) is 0 Å². The standard InChI is InChI=1S/C15H13ClN4OS/c1-8-14(22-9(2)18-8)12-5-6-17-15(20-12)19-10-3-4-13(21)11(16)7-10/h3-7,21H,1-2H3,(H,17,19,20). The van der Waals surface area contributed by atoms with Gasteiger partial charge in [-0.3, -0.25) is 0 Å². The van der Waals surface area contributed by atoms with E-state index in [-0.39, 0.29) is 10.8 Å². The molecule has 3 rings (SSSR count). The van der Waals surface area contributed by atoms with Gasteiger partial charge in [0, 0.05) is 11.9 Å². The molecule has 0 spiro atoms. The minimum atomic E-state index is 0.0395. The third-order valence-corrected chi connectivity index (χ3v) is 4.39. The predicted molar refractivity (Wildman–Crippen MR) is 89.0 cm³/mol. The number of nitrogens with zero attached hydrogens (tertiary/aromatic N) is 3. The van der Waals surface area contributed by atoms with Gasteiger partial charge in [0.1, 0.15) is 5.75 Å². The van der Waals surface area contributed by atoms with Gasteiger partial charge >= 0.3 is 0 Å². The lowest BCUT2D eigenvalue weighted by Crippen LogP contribution is -1.97. The second kappa shape index (κ2) is 5.90. The van der Waals surface area contributed by atoms with Crippen molar-refractivity contribution in [1.82, 2.24) is 15.0 Å². The fourth-order valence-electron chi connectivity index (χ4n) is 2.03. The number of aryl methyl sites for hydroxylation is 2. The van der Waals surface area contributed by atoms with Gasteiger partial charge in [-0.25, -0.2) is 15.0 Å². The quantitative estimate of drug-likeness (QED) is 0.699. The molecule has 0 aliphatic rings. The van der Waals surface area contributed by atoms with Crippen LogP contribution in [0.2, 0.25) is 5.02 Å². The van der Waals surface area contributed by atoms with Crippen molar-refractivity contribution in [3.8, 4) is 16.3 Å². The van der Waals surface area contributed by atoms with E-state index in [4.69, 9.17) is 11.6 Å². The third kappa shape index (κ3) is 3.03. The molecule has 7 heteroatoms. The molecular formula is C15H13ClN4OS. The topological polar surface area (TPSA) is 70.9 Å². The fourth-order valence-corrected chi connectivity index (χ4v) is 3.10. The lowest BCUT2D eigenvalue weighted by Gasteiger charge is -2.07. The molecule has 0 aliphatic carbocycles. The van der Waals surface area contributed by atoms with E-state index in [1.807, 2.05) is 19.9 Å². The van der Waals surface area contributed by atoms with E-state index in [1.165, 1.54) is 6.07 Å². The zero-order chi connectivity index (χ0) is 15.7. The van der Waals surface area contributed by atoms with Crippen LogP contribution >= 0.6 is 22.9 Å². The Morgan fingerprint density at radius 2 is 2.00 bits per heavy atom. The Labute approximate surface area is 136 Å². The normalized spacial score (nSPS) is 10.7. The molecule has 5 nitrogen and oxygen atoms in total. The molecular weight excluding hydrogens is 320 g/mol. The number of benzene rings is 1. The maximum Gasteiger partial charge on any atom is 0.227 e. The Hall–Kier alpha value is -2.18. The summed E-state index contributed by atoms with van der Waals surface area (Å²) in [5.41, 5.74) is 2.49. The van der Waals surface area contributed by atoms with Gasteiger partial charge in [-0.1, -0.05) is 11.6 Å². The average Bonchev–Trinajstić information content (AvgIpc) is 2.82. The molecule has 22 heavy (non-hydrogen) atoms. The Morgan fingerprint density at radius 1 is 1.18 bits per heavy atom. The highest BCUT2D eigenvalue weighted by atomic mass is 35.5. The summed E-state index contributed by atoms with van der Waals surface area (Å²) in [5.74, 6) is 0.502. The van der Waals surface area contributed by atoms with Crippen molar-refractivity contribution in [2.75, 3.05) is 5.32 Å². The van der Waals surface area contributed by atoms with Crippen LogP contribution in [0.5, 0.6) is 5.75 Å². The molecule has 0 bridgehead atoms. The van der Waals surface area contributed by atoms with Crippen molar-refractivity contribution in [2.45, 2.75) is 13.8 Å². The van der Waals surface area contributed by atoms with Crippen LogP contribution in [0.25, 0.3) is 10.6 Å². The zero-order valence-electron chi connectivity index (χ0n) is 12.0. The minimum absolute atomic E-state index is 0.0395. The molecule has 2 N–H and O–H groups in total. The van der Waals surface area contributed by atoms with E-state index in [1.54, 1.807) is 29.7 Å². The van der Waals surface area contributed by atoms with Gasteiger partial charge in [0.05, 0.1) is 26.3 Å². The summed E-state index contributed by atoms with van der Waals surface area (Å²) in [6, 6.07) is 6.70. The molecule has 0 saturated carbocycles. The van der Waals surface area contributed by atoms with Crippen molar-refractivity contribution in [2.24, 2.45) is 0 Å². The second-order valence-corrected chi connectivity index (χ2v) is 6.31. The highest BCUT2D eigenvalue weighted by Gasteiger charge is 2.10. The van der Waals surface area contributed by atoms with Crippen molar-refractivity contribution in [3.05, 3.63) is 46.2 Å². The van der Waals surface area contributed by atoms with Crippen LogP contribution in [0.15, 0.2) is 30.5 Å². The lowest BCUT2D eigenvalue weighted by atomic mass is 10.3. The smallest absolute Gasteiger partial charge is 0.227 e. The van der Waals surface area contributed by atoms with Crippen LogP contribution in [-0.2, 0) is 0 Å². The number of hydrogen-bond acceptors (Lipinski definition) is 6. The van der Waals surface area contributed by atoms with Crippen LogP contribution in [0.1, 0.15) is 10.7 Å². The molecule has 2 aromatic heterocycles. The highest BCUT2D eigenvalue weighted by Crippen LogP contribution is 2.30. The summed E-state index contributed by atoms with van der Waals surface area (Å²) in [6.07, 6.45) is 1.70. The SMILES string of the molecule is Cc1nc(C)c(-c2ccnc(Nc3ccc(O)c(Cl)c3)n2)s1. The number of nitrogens with one attached hydrogen (secondary N) is 1. The summed E-state index contributed by atoms with van der Waals surface area (Å²) < 4.78 is 0. The second-order valence-electron chi connectivity index (χ2n) is 4.70. The summed E-state index contributed by atoms with van der Waals surface area (Å²) in [7, 11) is 0. The lowest BCUT2D eigenvalue weighted by molar-refractivity contribution is 0.475. The first-order valence-corrected chi connectivity index (χ1v) is 7.75. The number of phenolic OH excluding ortho intramolecular Hbond substituents is 1. The van der Waals surface area contributed by atoms with Crippen molar-refractivity contribution < 1.29 is 5.11 Å². The van der Waals surface area contributed by atoms with Gasteiger partial charge in [0.15, 0.2) is 0 Å². The van der Waals surface area contributed by atoms with E-state index in [0.717, 1.165) is 21.3 Å². The molecule has 0 saturated heterocycles. The zero-order valence-corrected chi connectivity index (χ0v) is 13.5. The molecule has 2 heterocycles. The summed E-state index contributed by atoms with van der Waals surface area (Å²) in [6.45, 7) is 3.94. The van der Waals surface area contributed by atoms with E-state index in [2.05, 4.69) is 20.3 Å². The van der Waals surface area contributed by atoms with Crippen LogP contribution in [0.3, 0.4) is 0 Å². The summed E-state index contributed by atoms with van der Waals surface area (Å²) in [5, 5.41) is 13.8. The average molecular weight is 333 g/mol. The predicted octanol–water partition coefficient (Wildman–Crippen LogP) is 4.32. The number of thiazole rings is 1. The molecule has 0 radical (unpaired) electrons. The Morgan fingerprint density at radius 3 is 2.68 bits per heavy atom. The minimum Gasteiger partial charge on any atom is -0.506 e. The number of aromatic hydroxyl groups is 1.